The number of pyridine rings is 2. The highest BCUT2D eigenvalue weighted by molar-refractivity contribution is 6.01. The van der Waals surface area contributed by atoms with Gasteiger partial charge in [-0.25, -0.2) is 4.98 Å². The average molecular weight is 387 g/mol. The van der Waals surface area contributed by atoms with Crippen LogP contribution < -0.4 is 10.2 Å². The molecule has 0 amide bonds. The third-order valence-electron chi connectivity index (χ3n) is 5.26. The van der Waals surface area contributed by atoms with Gasteiger partial charge in [-0.1, -0.05) is 49.6 Å². The summed E-state index contributed by atoms with van der Waals surface area (Å²) in [6, 6.07) is 20.0. The fraction of sp³-hybridized carbons (Fsp3) is 0. The first-order valence-corrected chi connectivity index (χ1v) is 9.45. The molecule has 1 aliphatic heterocycles. The summed E-state index contributed by atoms with van der Waals surface area (Å²) in [4.78, 5) is 10.5. The van der Waals surface area contributed by atoms with Gasteiger partial charge in [-0.15, -0.1) is 0 Å². The van der Waals surface area contributed by atoms with Crippen molar-refractivity contribution in [1.82, 2.24) is 9.97 Å². The second-order valence-corrected chi connectivity index (χ2v) is 7.01. The molecule has 1 N–H and O–H groups in total. The molecule has 0 bridgehead atoms. The molecule has 0 atom stereocenters. The van der Waals surface area contributed by atoms with Crippen LogP contribution >= 0.6 is 0 Å². The van der Waals surface area contributed by atoms with Crippen molar-refractivity contribution < 1.29 is 0 Å². The maximum absolute atomic E-state index is 9.38. The van der Waals surface area contributed by atoms with Gasteiger partial charge in [0.2, 0.25) is 0 Å². The normalized spacial score (nSPS) is 13.0. The van der Waals surface area contributed by atoms with Crippen molar-refractivity contribution in [3.8, 4) is 17.2 Å². The number of nitrogens with zero attached hydrogens (tertiary/aromatic N) is 4. The van der Waals surface area contributed by atoms with E-state index in [2.05, 4.69) is 40.6 Å². The van der Waals surface area contributed by atoms with Crippen LogP contribution in [0.1, 0.15) is 11.3 Å². The zero-order valence-electron chi connectivity index (χ0n) is 16.1. The quantitative estimate of drug-likeness (QED) is 0.489. The van der Waals surface area contributed by atoms with E-state index in [1.807, 2.05) is 65.8 Å². The van der Waals surface area contributed by atoms with E-state index < -0.39 is 0 Å². The Kier molecular flexibility index (Phi) is 4.04. The van der Waals surface area contributed by atoms with Gasteiger partial charge in [0.1, 0.15) is 17.6 Å². The molecular weight excluding hydrogens is 370 g/mol. The molecule has 0 unspecified atom stereocenters. The molecule has 0 aliphatic carbocycles. The molecule has 1 aliphatic rings. The van der Waals surface area contributed by atoms with E-state index in [-0.39, 0.29) is 0 Å². The molecule has 4 aromatic rings. The van der Waals surface area contributed by atoms with Gasteiger partial charge in [0.25, 0.3) is 0 Å². The third-order valence-corrected chi connectivity index (χ3v) is 5.26. The fourth-order valence-corrected chi connectivity index (χ4v) is 3.86. The van der Waals surface area contributed by atoms with Crippen molar-refractivity contribution in [3.05, 3.63) is 103 Å². The monoisotopic (exact) mass is 387 g/mol. The summed E-state index contributed by atoms with van der Waals surface area (Å²) in [5.41, 5.74) is 5.68. The van der Waals surface area contributed by atoms with Crippen molar-refractivity contribution >= 4 is 27.8 Å². The van der Waals surface area contributed by atoms with Crippen LogP contribution in [0.5, 0.6) is 0 Å². The molecule has 5 heteroatoms. The molecule has 0 fully saturated rings. The minimum absolute atomic E-state index is 0.398. The van der Waals surface area contributed by atoms with Crippen LogP contribution in [0, 0.1) is 11.3 Å². The molecule has 3 heterocycles. The van der Waals surface area contributed by atoms with E-state index in [0.717, 1.165) is 44.5 Å². The Morgan fingerprint density at radius 1 is 0.967 bits per heavy atom. The zero-order valence-corrected chi connectivity index (χ0v) is 16.1. The van der Waals surface area contributed by atoms with E-state index in [1.165, 1.54) is 0 Å². The molecule has 5 nitrogen and oxygen atoms in total. The number of nitrogens with one attached hydrogen (secondary N) is 1. The smallest absolute Gasteiger partial charge is 0.148 e. The second-order valence-electron chi connectivity index (χ2n) is 7.01. The summed E-state index contributed by atoms with van der Waals surface area (Å²) in [5.74, 6) is 0.689. The van der Waals surface area contributed by atoms with E-state index >= 15 is 0 Å². The Balaban J connectivity index is 1.60. The highest BCUT2D eigenvalue weighted by atomic mass is 15.3. The van der Waals surface area contributed by atoms with Crippen LogP contribution in [0.3, 0.4) is 0 Å². The zero-order chi connectivity index (χ0) is 20.7. The van der Waals surface area contributed by atoms with E-state index in [0.29, 0.717) is 11.5 Å². The number of aromatic nitrogens is 2. The standard InChI is InChI=1S/C25H17N5/c1-16-20-10-9-18(21-8-5-11-28-24(21)13-26)12-23(20)29-17(2)30(16)25-15-27-14-19-6-3-4-7-22(19)25/h3-12,14-15,29H,1-2H2. The minimum atomic E-state index is 0.398. The first-order chi connectivity index (χ1) is 14.7. The van der Waals surface area contributed by atoms with Crippen molar-refractivity contribution in [2.75, 3.05) is 10.2 Å². The Bertz CT molecular complexity index is 1370. The number of fused-ring (bicyclic) bond motifs is 2. The number of hydrogen-bond donors (Lipinski definition) is 1. The van der Waals surface area contributed by atoms with Crippen LogP contribution in [-0.4, -0.2) is 9.97 Å². The van der Waals surface area contributed by atoms with Crippen molar-refractivity contribution in [2.24, 2.45) is 0 Å². The van der Waals surface area contributed by atoms with Gasteiger partial charge in [0.05, 0.1) is 11.9 Å². The minimum Gasteiger partial charge on any atom is -0.341 e. The van der Waals surface area contributed by atoms with Gasteiger partial charge < -0.3 is 5.32 Å². The lowest BCUT2D eigenvalue weighted by Gasteiger charge is -2.35. The first kappa shape index (κ1) is 17.7. The molecule has 2 aromatic carbocycles. The summed E-state index contributed by atoms with van der Waals surface area (Å²) in [7, 11) is 0. The lowest BCUT2D eigenvalue weighted by molar-refractivity contribution is 1.14. The number of rotatable bonds is 2. The Morgan fingerprint density at radius 2 is 1.83 bits per heavy atom. The molecular formula is C25H17N5. The van der Waals surface area contributed by atoms with Gasteiger partial charge in [0, 0.05) is 45.7 Å². The lowest BCUT2D eigenvalue weighted by atomic mass is 9.98. The number of nitriles is 1. The summed E-state index contributed by atoms with van der Waals surface area (Å²) in [5, 5.41) is 14.9. The van der Waals surface area contributed by atoms with E-state index in [1.54, 1.807) is 6.20 Å². The predicted octanol–water partition coefficient (Wildman–Crippen LogP) is 5.54. The third kappa shape index (κ3) is 2.71. The van der Waals surface area contributed by atoms with E-state index in [4.69, 9.17) is 0 Å². The van der Waals surface area contributed by atoms with Crippen molar-refractivity contribution in [3.63, 3.8) is 0 Å². The molecule has 0 spiro atoms. The first-order valence-electron chi connectivity index (χ1n) is 9.45. The lowest BCUT2D eigenvalue weighted by Crippen LogP contribution is -2.29. The topological polar surface area (TPSA) is 64.8 Å². The molecule has 0 saturated heterocycles. The largest absolute Gasteiger partial charge is 0.341 e. The van der Waals surface area contributed by atoms with Gasteiger partial charge in [-0.2, -0.15) is 5.26 Å². The number of anilines is 2. The number of benzene rings is 2. The molecule has 0 radical (unpaired) electrons. The summed E-state index contributed by atoms with van der Waals surface area (Å²) in [6.45, 7) is 8.57. The highest BCUT2D eigenvalue weighted by Gasteiger charge is 2.25. The van der Waals surface area contributed by atoms with Crippen LogP contribution in [0.2, 0.25) is 0 Å². The molecule has 5 rings (SSSR count). The average Bonchev–Trinajstić information content (AvgIpc) is 2.79. The highest BCUT2D eigenvalue weighted by Crippen LogP contribution is 2.41. The van der Waals surface area contributed by atoms with Crippen LogP contribution in [0.15, 0.2) is 92.2 Å². The molecule has 30 heavy (non-hydrogen) atoms. The number of hydrogen-bond acceptors (Lipinski definition) is 5. The van der Waals surface area contributed by atoms with Crippen molar-refractivity contribution in [1.29, 1.82) is 5.26 Å². The fourth-order valence-electron chi connectivity index (χ4n) is 3.86. The van der Waals surface area contributed by atoms with Crippen LogP contribution in [0.25, 0.3) is 27.6 Å². The maximum atomic E-state index is 9.38. The Hall–Kier alpha value is -4.43. The molecule has 2 aromatic heterocycles. The summed E-state index contributed by atoms with van der Waals surface area (Å²) >= 11 is 0. The van der Waals surface area contributed by atoms with Crippen LogP contribution in [-0.2, 0) is 0 Å². The molecule has 0 saturated carbocycles. The Labute approximate surface area is 174 Å². The second kappa shape index (κ2) is 6.87. The predicted molar refractivity (Wildman–Crippen MR) is 120 cm³/mol. The van der Waals surface area contributed by atoms with Crippen LogP contribution in [0.4, 0.5) is 11.4 Å². The van der Waals surface area contributed by atoms with Gasteiger partial charge >= 0.3 is 0 Å². The SMILES string of the molecule is C=C1Nc2cc(-c3cccnc3C#N)ccc2C(=C)N1c1cncc2ccccc12. The van der Waals surface area contributed by atoms with Crippen molar-refractivity contribution in [2.45, 2.75) is 0 Å². The summed E-state index contributed by atoms with van der Waals surface area (Å²) < 4.78 is 0. The summed E-state index contributed by atoms with van der Waals surface area (Å²) in [6.07, 6.45) is 5.30. The molecule has 142 valence electrons. The van der Waals surface area contributed by atoms with Gasteiger partial charge in [0.15, 0.2) is 0 Å². The van der Waals surface area contributed by atoms with Gasteiger partial charge in [-0.3, -0.25) is 9.88 Å². The Morgan fingerprint density at radius 3 is 2.70 bits per heavy atom. The van der Waals surface area contributed by atoms with E-state index in [9.17, 15) is 5.26 Å². The van der Waals surface area contributed by atoms with Gasteiger partial charge in [-0.05, 0) is 23.8 Å². The maximum Gasteiger partial charge on any atom is 0.148 e.